The Labute approximate surface area is 132 Å². The maximum Gasteiger partial charge on any atom is 0.252 e. The third kappa shape index (κ3) is 4.36. The molecule has 0 aliphatic carbocycles. The van der Waals surface area contributed by atoms with Crippen LogP contribution in [0.1, 0.15) is 30.1 Å². The van der Waals surface area contributed by atoms with Crippen molar-refractivity contribution in [1.29, 1.82) is 0 Å². The average Bonchev–Trinajstić information content (AvgIpc) is 2.77. The molecule has 2 heterocycles. The molecule has 1 aliphatic heterocycles. The lowest BCUT2D eigenvalue weighted by molar-refractivity contribution is 0.0922. The monoisotopic (exact) mass is 400 g/mol. The second-order valence-electron chi connectivity index (χ2n) is 4.51. The fourth-order valence-corrected chi connectivity index (χ4v) is 3.47. The van der Waals surface area contributed by atoms with Crippen LogP contribution in [-0.4, -0.2) is 25.0 Å². The molecule has 0 saturated carbocycles. The van der Waals surface area contributed by atoms with Crippen molar-refractivity contribution in [1.82, 2.24) is 10.6 Å². The van der Waals surface area contributed by atoms with Crippen molar-refractivity contribution >= 4 is 52.2 Å². The van der Waals surface area contributed by atoms with E-state index in [0.29, 0.717) is 5.92 Å². The number of rotatable bonds is 3. The van der Waals surface area contributed by atoms with E-state index >= 15 is 0 Å². The molecule has 2 atom stereocenters. The zero-order valence-electron chi connectivity index (χ0n) is 10.2. The van der Waals surface area contributed by atoms with Crippen molar-refractivity contribution in [3.8, 4) is 0 Å². The van der Waals surface area contributed by atoms with Gasteiger partial charge >= 0.3 is 0 Å². The van der Waals surface area contributed by atoms with Gasteiger partial charge in [-0.25, -0.2) is 0 Å². The van der Waals surface area contributed by atoms with Crippen LogP contribution in [0.5, 0.6) is 0 Å². The lowest BCUT2D eigenvalue weighted by Gasteiger charge is -2.28. The normalized spacial score (nSPS) is 20.9. The minimum absolute atomic E-state index is 0. The molecule has 0 radical (unpaired) electrons. The van der Waals surface area contributed by atoms with Gasteiger partial charge in [-0.3, -0.25) is 4.79 Å². The van der Waals surface area contributed by atoms with Crippen molar-refractivity contribution in [2.75, 3.05) is 13.1 Å². The molecule has 2 rings (SSSR count). The second-order valence-corrected chi connectivity index (χ2v) is 7.31. The van der Waals surface area contributed by atoms with Crippen molar-refractivity contribution in [2.24, 2.45) is 5.92 Å². The Bertz CT molecular complexity index is 393. The number of nitrogens with one attached hydrogen (secondary N) is 2. The molecule has 1 amide bonds. The van der Waals surface area contributed by atoms with Crippen LogP contribution >= 0.6 is 46.3 Å². The first kappa shape index (κ1) is 16.2. The predicted molar refractivity (Wildman–Crippen MR) is 86.8 cm³/mol. The quantitative estimate of drug-likeness (QED) is 0.766. The maximum atomic E-state index is 12.0. The van der Waals surface area contributed by atoms with Gasteiger partial charge < -0.3 is 10.6 Å². The first-order chi connectivity index (χ1) is 8.16. The summed E-state index contributed by atoms with van der Waals surface area (Å²) in [6.45, 7) is 4.23. The molecule has 1 aliphatic rings. The van der Waals surface area contributed by atoms with E-state index in [1.165, 1.54) is 12.8 Å². The topological polar surface area (TPSA) is 41.1 Å². The smallest absolute Gasteiger partial charge is 0.252 e. The Morgan fingerprint density at radius 3 is 3.00 bits per heavy atom. The summed E-state index contributed by atoms with van der Waals surface area (Å²) in [5.74, 6) is 0.618. The summed E-state index contributed by atoms with van der Waals surface area (Å²) in [6.07, 6.45) is 2.41. The Hall–Kier alpha value is 0.150. The Balaban J connectivity index is 0.00000162. The molecule has 3 nitrogen and oxygen atoms in total. The fourth-order valence-electron chi connectivity index (χ4n) is 2.14. The fraction of sp³-hybridized carbons (Fsp3) is 0.583. The van der Waals surface area contributed by atoms with E-state index in [0.717, 1.165) is 21.5 Å². The predicted octanol–water partition coefficient (Wildman–Crippen LogP) is 2.89. The van der Waals surface area contributed by atoms with Crippen LogP contribution in [0.3, 0.4) is 0 Å². The van der Waals surface area contributed by atoms with E-state index in [9.17, 15) is 4.79 Å². The lowest BCUT2D eigenvalue weighted by atomic mass is 9.93. The van der Waals surface area contributed by atoms with Gasteiger partial charge in [-0.1, -0.05) is 0 Å². The minimum atomic E-state index is 0. The van der Waals surface area contributed by atoms with Gasteiger partial charge in [0.15, 0.2) is 0 Å². The first-order valence-electron chi connectivity index (χ1n) is 5.92. The van der Waals surface area contributed by atoms with Crippen molar-refractivity contribution in [3.63, 3.8) is 0 Å². The molecule has 102 valence electrons. The van der Waals surface area contributed by atoms with Gasteiger partial charge in [0.1, 0.15) is 0 Å². The molecule has 1 saturated heterocycles. The van der Waals surface area contributed by atoms with Gasteiger partial charge in [-0.15, -0.1) is 23.7 Å². The molecule has 0 aromatic carbocycles. The highest BCUT2D eigenvalue weighted by Crippen LogP contribution is 2.18. The highest BCUT2D eigenvalue weighted by molar-refractivity contribution is 14.1. The highest BCUT2D eigenvalue weighted by atomic mass is 127. The maximum absolute atomic E-state index is 12.0. The summed E-state index contributed by atoms with van der Waals surface area (Å²) in [4.78, 5) is 12.0. The standard InChI is InChI=1S/C12H17IN2OS.ClH/c1-8(9-3-2-4-14-6-9)15-12(16)10-5-11(13)17-7-10;/h5,7-9,14H,2-4,6H2,1H3,(H,15,16);1H. The summed E-state index contributed by atoms with van der Waals surface area (Å²) < 4.78 is 1.15. The van der Waals surface area contributed by atoms with Crippen molar-refractivity contribution < 1.29 is 4.79 Å². The Morgan fingerprint density at radius 2 is 2.44 bits per heavy atom. The van der Waals surface area contributed by atoms with Gasteiger partial charge in [0.25, 0.3) is 5.91 Å². The zero-order valence-corrected chi connectivity index (χ0v) is 14.0. The van der Waals surface area contributed by atoms with Gasteiger partial charge in [-0.05, 0) is 67.4 Å². The van der Waals surface area contributed by atoms with Crippen molar-refractivity contribution in [2.45, 2.75) is 25.8 Å². The van der Waals surface area contributed by atoms with E-state index in [1.807, 2.05) is 11.4 Å². The van der Waals surface area contributed by atoms with Crippen LogP contribution in [0.2, 0.25) is 0 Å². The van der Waals surface area contributed by atoms with Crippen LogP contribution in [0, 0.1) is 8.80 Å². The van der Waals surface area contributed by atoms with E-state index in [2.05, 4.69) is 40.1 Å². The number of hydrogen-bond acceptors (Lipinski definition) is 3. The van der Waals surface area contributed by atoms with E-state index in [4.69, 9.17) is 0 Å². The summed E-state index contributed by atoms with van der Waals surface area (Å²) in [6, 6.07) is 2.18. The molecule has 2 N–H and O–H groups in total. The lowest BCUT2D eigenvalue weighted by Crippen LogP contribution is -2.44. The number of thiophene rings is 1. The molecule has 0 bridgehead atoms. The second kappa shape index (κ2) is 7.67. The summed E-state index contributed by atoms with van der Waals surface area (Å²) in [5.41, 5.74) is 0.787. The summed E-state index contributed by atoms with van der Waals surface area (Å²) in [7, 11) is 0. The van der Waals surface area contributed by atoms with Gasteiger partial charge in [0.05, 0.1) is 8.45 Å². The van der Waals surface area contributed by atoms with Gasteiger partial charge in [0, 0.05) is 11.4 Å². The molecular weight excluding hydrogens is 383 g/mol. The van der Waals surface area contributed by atoms with Crippen molar-refractivity contribution in [3.05, 3.63) is 19.9 Å². The van der Waals surface area contributed by atoms with E-state index < -0.39 is 0 Å². The molecule has 1 aromatic rings. The van der Waals surface area contributed by atoms with E-state index in [1.54, 1.807) is 11.3 Å². The Kier molecular flexibility index (Phi) is 6.90. The minimum Gasteiger partial charge on any atom is -0.349 e. The molecule has 0 spiro atoms. The average molecular weight is 401 g/mol. The molecule has 2 unspecified atom stereocenters. The van der Waals surface area contributed by atoms with Crippen LogP contribution in [-0.2, 0) is 0 Å². The molecule has 18 heavy (non-hydrogen) atoms. The third-order valence-electron chi connectivity index (χ3n) is 3.23. The van der Waals surface area contributed by atoms with Gasteiger partial charge in [0.2, 0.25) is 0 Å². The molecule has 1 aromatic heterocycles. The molecule has 6 heteroatoms. The summed E-state index contributed by atoms with van der Waals surface area (Å²) >= 11 is 3.85. The number of amides is 1. The third-order valence-corrected chi connectivity index (χ3v) is 5.02. The first-order valence-corrected chi connectivity index (χ1v) is 7.88. The molecular formula is C12H18ClIN2OS. The summed E-state index contributed by atoms with van der Waals surface area (Å²) in [5, 5.41) is 8.41. The van der Waals surface area contributed by atoms with Crippen LogP contribution < -0.4 is 10.6 Å². The van der Waals surface area contributed by atoms with Crippen LogP contribution in [0.25, 0.3) is 0 Å². The highest BCUT2D eigenvalue weighted by Gasteiger charge is 2.21. The van der Waals surface area contributed by atoms with Gasteiger partial charge in [-0.2, -0.15) is 0 Å². The number of halogens is 2. The van der Waals surface area contributed by atoms with E-state index in [-0.39, 0.29) is 24.4 Å². The number of carbonyl (C=O) groups excluding carboxylic acids is 1. The van der Waals surface area contributed by atoms with Crippen LogP contribution in [0.4, 0.5) is 0 Å². The number of piperidine rings is 1. The van der Waals surface area contributed by atoms with Crippen LogP contribution in [0.15, 0.2) is 11.4 Å². The number of carbonyl (C=O) groups is 1. The Morgan fingerprint density at radius 1 is 1.67 bits per heavy atom. The molecule has 1 fully saturated rings. The zero-order chi connectivity index (χ0) is 12.3. The largest absolute Gasteiger partial charge is 0.349 e. The number of hydrogen-bond donors (Lipinski definition) is 2. The SMILES string of the molecule is CC(NC(=O)c1csc(I)c1)C1CCCNC1.Cl.